The van der Waals surface area contributed by atoms with Crippen molar-refractivity contribution in [2.45, 2.75) is 72.6 Å². The van der Waals surface area contributed by atoms with Crippen LogP contribution in [0, 0.1) is 10.8 Å². The van der Waals surface area contributed by atoms with Crippen LogP contribution in [0.15, 0.2) is 0 Å². The van der Waals surface area contributed by atoms with Gasteiger partial charge in [0.2, 0.25) is 0 Å². The van der Waals surface area contributed by atoms with Crippen LogP contribution in [-0.2, 0) is 0 Å². The summed E-state index contributed by atoms with van der Waals surface area (Å²) in [5, 5.41) is 0. The smallest absolute Gasteiger partial charge is 0.0275 e. The second-order valence-electron chi connectivity index (χ2n) is 5.76. The quantitative estimate of drug-likeness (QED) is 0.587. The van der Waals surface area contributed by atoms with Crippen LogP contribution < -0.4 is 0 Å². The molecule has 0 atom stereocenters. The van der Waals surface area contributed by atoms with E-state index in [0.717, 1.165) is 0 Å². The third-order valence-corrected chi connectivity index (χ3v) is 4.50. The van der Waals surface area contributed by atoms with E-state index in [9.17, 15) is 0 Å². The van der Waals surface area contributed by atoms with Gasteiger partial charge in [-0.2, -0.15) is 0 Å². The number of unbranched alkanes of at least 4 members (excludes halogenated alkanes) is 1. The van der Waals surface area contributed by atoms with Gasteiger partial charge < -0.3 is 0 Å². The van der Waals surface area contributed by atoms with E-state index in [1.165, 1.54) is 44.9 Å². The molecule has 1 aliphatic rings. The SMILES string of the molecule is CCCCC(C)(C)C1(C)CCCC1. The fourth-order valence-corrected chi connectivity index (χ4v) is 2.75. The Hall–Kier alpha value is 0. The third kappa shape index (κ3) is 2.27. The molecular formula is C13H26. The molecule has 0 amide bonds. The lowest BCUT2D eigenvalue weighted by Crippen LogP contribution is -2.32. The second kappa shape index (κ2) is 4.02. The van der Waals surface area contributed by atoms with Crippen molar-refractivity contribution in [3.63, 3.8) is 0 Å². The highest BCUT2D eigenvalue weighted by molar-refractivity contribution is 4.92. The molecule has 78 valence electrons. The van der Waals surface area contributed by atoms with Gasteiger partial charge in [0.1, 0.15) is 0 Å². The molecule has 0 radical (unpaired) electrons. The molecule has 1 aliphatic carbocycles. The Kier molecular flexibility index (Phi) is 3.43. The molecule has 0 heterocycles. The summed E-state index contributed by atoms with van der Waals surface area (Å²) in [6.45, 7) is 9.77. The largest absolute Gasteiger partial charge is 0.0654 e. The molecule has 1 rings (SSSR count). The van der Waals surface area contributed by atoms with Crippen LogP contribution in [0.2, 0.25) is 0 Å². The minimum Gasteiger partial charge on any atom is -0.0654 e. The van der Waals surface area contributed by atoms with Crippen LogP contribution in [0.25, 0.3) is 0 Å². The summed E-state index contributed by atoms with van der Waals surface area (Å²) in [5.41, 5.74) is 1.21. The fourth-order valence-electron chi connectivity index (χ4n) is 2.75. The minimum atomic E-state index is 0.569. The maximum Gasteiger partial charge on any atom is -0.0275 e. The molecule has 0 aromatic heterocycles. The van der Waals surface area contributed by atoms with Gasteiger partial charge in [-0.25, -0.2) is 0 Å². The van der Waals surface area contributed by atoms with Gasteiger partial charge >= 0.3 is 0 Å². The number of hydrogen-bond donors (Lipinski definition) is 0. The van der Waals surface area contributed by atoms with Crippen molar-refractivity contribution in [1.29, 1.82) is 0 Å². The second-order valence-corrected chi connectivity index (χ2v) is 5.76. The Labute approximate surface area is 84.1 Å². The molecule has 1 fully saturated rings. The summed E-state index contributed by atoms with van der Waals surface area (Å²) >= 11 is 0. The first kappa shape index (κ1) is 11.1. The topological polar surface area (TPSA) is 0 Å². The van der Waals surface area contributed by atoms with Gasteiger partial charge in [0.15, 0.2) is 0 Å². The van der Waals surface area contributed by atoms with Gasteiger partial charge in [-0.05, 0) is 30.1 Å². The highest BCUT2D eigenvalue weighted by Gasteiger charge is 2.41. The van der Waals surface area contributed by atoms with Gasteiger partial charge in [0.05, 0.1) is 0 Å². The summed E-state index contributed by atoms with van der Waals surface area (Å²) in [4.78, 5) is 0. The van der Waals surface area contributed by atoms with E-state index in [0.29, 0.717) is 10.8 Å². The molecule has 0 aromatic rings. The van der Waals surface area contributed by atoms with Crippen LogP contribution >= 0.6 is 0 Å². The molecule has 13 heavy (non-hydrogen) atoms. The Balaban J connectivity index is 2.55. The van der Waals surface area contributed by atoms with E-state index in [-0.39, 0.29) is 0 Å². The van der Waals surface area contributed by atoms with E-state index in [1.54, 1.807) is 0 Å². The maximum absolute atomic E-state index is 2.51. The van der Waals surface area contributed by atoms with E-state index < -0.39 is 0 Å². The first-order chi connectivity index (χ1) is 6.02. The van der Waals surface area contributed by atoms with Gasteiger partial charge in [-0.3, -0.25) is 0 Å². The molecule has 0 nitrogen and oxygen atoms in total. The van der Waals surface area contributed by atoms with Gasteiger partial charge in [0, 0.05) is 0 Å². The van der Waals surface area contributed by atoms with Crippen LogP contribution in [0.1, 0.15) is 72.6 Å². The lowest BCUT2D eigenvalue weighted by molar-refractivity contribution is 0.0826. The monoisotopic (exact) mass is 182 g/mol. The predicted molar refractivity (Wildman–Crippen MR) is 59.9 cm³/mol. The molecule has 0 spiro atoms. The lowest BCUT2D eigenvalue weighted by Gasteiger charge is -2.42. The molecule has 1 saturated carbocycles. The van der Waals surface area contributed by atoms with Crippen molar-refractivity contribution in [2.24, 2.45) is 10.8 Å². The number of rotatable bonds is 4. The Morgan fingerprint density at radius 1 is 1.15 bits per heavy atom. The zero-order valence-electron chi connectivity index (χ0n) is 9.95. The highest BCUT2D eigenvalue weighted by Crippen LogP contribution is 2.53. The minimum absolute atomic E-state index is 0.569. The molecule has 0 bridgehead atoms. The number of hydrogen-bond acceptors (Lipinski definition) is 0. The van der Waals surface area contributed by atoms with E-state index >= 15 is 0 Å². The van der Waals surface area contributed by atoms with E-state index in [2.05, 4.69) is 27.7 Å². The molecule has 0 aliphatic heterocycles. The summed E-state index contributed by atoms with van der Waals surface area (Å²) in [5.74, 6) is 0. The lowest BCUT2D eigenvalue weighted by atomic mass is 9.63. The van der Waals surface area contributed by atoms with Gasteiger partial charge in [-0.15, -0.1) is 0 Å². The first-order valence-electron chi connectivity index (χ1n) is 6.02. The summed E-state index contributed by atoms with van der Waals surface area (Å²) in [7, 11) is 0. The summed E-state index contributed by atoms with van der Waals surface area (Å²) < 4.78 is 0. The molecule has 0 N–H and O–H groups in total. The maximum atomic E-state index is 2.51. The van der Waals surface area contributed by atoms with Crippen molar-refractivity contribution in [1.82, 2.24) is 0 Å². The average Bonchev–Trinajstić information content (AvgIpc) is 2.50. The fraction of sp³-hybridized carbons (Fsp3) is 1.00. The highest BCUT2D eigenvalue weighted by atomic mass is 14.5. The summed E-state index contributed by atoms with van der Waals surface area (Å²) in [6, 6.07) is 0. The standard InChI is InChI=1S/C13H26/c1-5-6-9-12(2,3)13(4)10-7-8-11-13/h5-11H2,1-4H3. The van der Waals surface area contributed by atoms with Crippen molar-refractivity contribution in [3.05, 3.63) is 0 Å². The van der Waals surface area contributed by atoms with Gasteiger partial charge in [-0.1, -0.05) is 53.4 Å². The van der Waals surface area contributed by atoms with Crippen LogP contribution in [0.5, 0.6) is 0 Å². The first-order valence-corrected chi connectivity index (χ1v) is 6.02. The van der Waals surface area contributed by atoms with E-state index in [4.69, 9.17) is 0 Å². The van der Waals surface area contributed by atoms with Gasteiger partial charge in [0.25, 0.3) is 0 Å². The third-order valence-electron chi connectivity index (χ3n) is 4.50. The Morgan fingerprint density at radius 2 is 1.69 bits per heavy atom. The predicted octanol–water partition coefficient (Wildman–Crippen LogP) is 4.78. The molecular weight excluding hydrogens is 156 g/mol. The van der Waals surface area contributed by atoms with Crippen LogP contribution in [-0.4, -0.2) is 0 Å². The molecule has 0 unspecified atom stereocenters. The summed E-state index contributed by atoms with van der Waals surface area (Å²) in [6.07, 6.45) is 10.0. The zero-order valence-corrected chi connectivity index (χ0v) is 9.95. The van der Waals surface area contributed by atoms with Crippen molar-refractivity contribution >= 4 is 0 Å². The molecule has 0 heteroatoms. The van der Waals surface area contributed by atoms with Crippen molar-refractivity contribution in [2.75, 3.05) is 0 Å². The molecule has 0 aromatic carbocycles. The van der Waals surface area contributed by atoms with Crippen LogP contribution in [0.4, 0.5) is 0 Å². The van der Waals surface area contributed by atoms with E-state index in [1.807, 2.05) is 0 Å². The van der Waals surface area contributed by atoms with Crippen LogP contribution in [0.3, 0.4) is 0 Å². The van der Waals surface area contributed by atoms with Crippen molar-refractivity contribution in [3.8, 4) is 0 Å². The average molecular weight is 182 g/mol. The molecule has 0 saturated heterocycles. The Bertz CT molecular complexity index is 149. The Morgan fingerprint density at radius 3 is 2.15 bits per heavy atom. The normalized spacial score (nSPS) is 22.2. The van der Waals surface area contributed by atoms with Crippen molar-refractivity contribution < 1.29 is 0 Å². The zero-order chi connectivity index (χ0) is 9.95.